The smallest absolute Gasteiger partial charge is 0.241 e. The van der Waals surface area contributed by atoms with Gasteiger partial charge in [0.1, 0.15) is 12.4 Å². The van der Waals surface area contributed by atoms with Crippen LogP contribution >= 0.6 is 11.3 Å². The number of hydrogen-bond acceptors (Lipinski definition) is 8. The van der Waals surface area contributed by atoms with Gasteiger partial charge in [-0.25, -0.2) is 23.1 Å². The number of nitrogens with zero attached hydrogens (tertiary/aromatic N) is 3. The van der Waals surface area contributed by atoms with Gasteiger partial charge in [0.2, 0.25) is 16.0 Å². The molecule has 0 unspecified atom stereocenters. The van der Waals surface area contributed by atoms with Gasteiger partial charge in [0.15, 0.2) is 0 Å². The molecule has 0 atom stereocenters. The molecule has 3 heterocycles. The lowest BCUT2D eigenvalue weighted by Crippen LogP contribution is -2.40. The highest BCUT2D eigenvalue weighted by Gasteiger charge is 2.22. The van der Waals surface area contributed by atoms with Crippen molar-refractivity contribution in [3.63, 3.8) is 0 Å². The van der Waals surface area contributed by atoms with Crippen molar-refractivity contribution >= 4 is 33.0 Å². The summed E-state index contributed by atoms with van der Waals surface area (Å²) in [6, 6.07) is 18.9. The average Bonchev–Trinajstić information content (AvgIpc) is 3.62. The van der Waals surface area contributed by atoms with Crippen LogP contribution < -0.4 is 14.8 Å². The molecule has 1 aliphatic rings. The van der Waals surface area contributed by atoms with E-state index in [-0.39, 0.29) is 4.90 Å². The molecule has 41 heavy (non-hydrogen) atoms. The van der Waals surface area contributed by atoms with Gasteiger partial charge in [-0.2, -0.15) is 0 Å². The van der Waals surface area contributed by atoms with Crippen LogP contribution in [0.3, 0.4) is 0 Å². The predicted octanol–water partition coefficient (Wildman–Crippen LogP) is 6.48. The fourth-order valence-electron chi connectivity index (χ4n) is 4.71. The average molecular weight is 592 g/mol. The zero-order chi connectivity index (χ0) is 29.0. The molecule has 1 fully saturated rings. The summed E-state index contributed by atoms with van der Waals surface area (Å²) < 4.78 is 34.4. The number of rotatable bonds is 10. The van der Waals surface area contributed by atoms with E-state index in [1.54, 1.807) is 29.5 Å². The van der Waals surface area contributed by atoms with E-state index >= 15 is 0 Å². The van der Waals surface area contributed by atoms with Gasteiger partial charge in [0.25, 0.3) is 0 Å². The predicted molar refractivity (Wildman–Crippen MR) is 166 cm³/mol. The molecule has 0 aliphatic carbocycles. The Labute approximate surface area is 246 Å². The molecule has 10 heteroatoms. The number of thiophene rings is 1. The Morgan fingerprint density at radius 1 is 1.00 bits per heavy atom. The van der Waals surface area contributed by atoms with Crippen molar-refractivity contribution in [3.05, 3.63) is 72.4 Å². The topological polar surface area (TPSA) is 96.5 Å². The van der Waals surface area contributed by atoms with E-state index in [4.69, 9.17) is 9.72 Å². The third-order valence-corrected chi connectivity index (χ3v) is 9.56. The molecule has 8 nitrogen and oxygen atoms in total. The number of nitrogens with one attached hydrogen (secondary N) is 2. The molecule has 216 valence electrons. The molecule has 1 saturated heterocycles. The van der Waals surface area contributed by atoms with Crippen LogP contribution in [0.1, 0.15) is 39.2 Å². The lowest BCUT2D eigenvalue weighted by atomic mass is 10.1. The summed E-state index contributed by atoms with van der Waals surface area (Å²) in [6.07, 6.45) is 4.38. The van der Waals surface area contributed by atoms with Gasteiger partial charge >= 0.3 is 0 Å². The second-order valence-corrected chi connectivity index (χ2v) is 14.1. The van der Waals surface area contributed by atoms with Crippen LogP contribution in [0.2, 0.25) is 0 Å². The minimum Gasteiger partial charge on any atom is -0.492 e. The fraction of sp³-hybridized carbons (Fsp3) is 0.355. The quantitative estimate of drug-likeness (QED) is 0.218. The lowest BCUT2D eigenvalue weighted by molar-refractivity contribution is 0.238. The fourth-order valence-corrected chi connectivity index (χ4v) is 7.23. The number of sulfonamides is 1. The number of anilines is 2. The molecular formula is C31H37N5O3S2. The summed E-state index contributed by atoms with van der Waals surface area (Å²) in [7, 11) is -3.63. The van der Waals surface area contributed by atoms with Gasteiger partial charge in [-0.05, 0) is 113 Å². The van der Waals surface area contributed by atoms with Crippen molar-refractivity contribution in [2.45, 2.75) is 51.0 Å². The molecule has 0 amide bonds. The van der Waals surface area contributed by atoms with E-state index in [2.05, 4.69) is 19.9 Å². The summed E-state index contributed by atoms with van der Waals surface area (Å²) in [5, 5.41) is 3.30. The van der Waals surface area contributed by atoms with Crippen LogP contribution in [0.5, 0.6) is 5.75 Å². The summed E-state index contributed by atoms with van der Waals surface area (Å²) in [5.41, 5.74) is 2.94. The zero-order valence-corrected chi connectivity index (χ0v) is 25.6. The third kappa shape index (κ3) is 7.71. The standard InChI is InChI=1S/C31H37N5O3S2/c1-22-21-32-30(33-24-10-12-25(13-11-24)39-19-18-36-16-5-6-17-36)34-29(22)28-15-14-27(40-28)23-8-7-9-26(20-23)41(37,38)35-31(2,3)4/h7-15,20-21,35H,5-6,16-19H2,1-4H3,(H,32,33,34). The molecule has 2 aromatic carbocycles. The zero-order valence-electron chi connectivity index (χ0n) is 24.0. The lowest BCUT2D eigenvalue weighted by Gasteiger charge is -2.20. The number of hydrogen-bond donors (Lipinski definition) is 2. The molecule has 0 saturated carbocycles. The van der Waals surface area contributed by atoms with Crippen molar-refractivity contribution in [2.24, 2.45) is 0 Å². The first-order valence-electron chi connectivity index (χ1n) is 13.9. The van der Waals surface area contributed by atoms with E-state index < -0.39 is 15.6 Å². The molecule has 1 aliphatic heterocycles. The van der Waals surface area contributed by atoms with Crippen LogP contribution in [0, 0.1) is 6.92 Å². The highest BCUT2D eigenvalue weighted by Crippen LogP contribution is 2.36. The Bertz CT molecular complexity index is 1590. The van der Waals surface area contributed by atoms with Crippen LogP contribution in [-0.2, 0) is 10.0 Å². The molecule has 2 aromatic heterocycles. The van der Waals surface area contributed by atoms with Gasteiger partial charge in [-0.1, -0.05) is 12.1 Å². The number of aryl methyl sites for hydroxylation is 1. The van der Waals surface area contributed by atoms with E-state index in [0.717, 1.165) is 44.6 Å². The minimum absolute atomic E-state index is 0.243. The van der Waals surface area contributed by atoms with Crippen LogP contribution in [-0.4, -0.2) is 55.1 Å². The Kier molecular flexibility index (Phi) is 8.74. The van der Waals surface area contributed by atoms with Gasteiger partial charge < -0.3 is 10.1 Å². The molecule has 0 bridgehead atoms. The van der Waals surface area contributed by atoms with Crippen molar-refractivity contribution in [1.82, 2.24) is 19.6 Å². The number of aromatic nitrogens is 2. The van der Waals surface area contributed by atoms with Crippen molar-refractivity contribution in [3.8, 4) is 26.8 Å². The molecular weight excluding hydrogens is 555 g/mol. The maximum Gasteiger partial charge on any atom is 0.241 e. The molecule has 5 rings (SSSR count). The molecule has 4 aromatic rings. The van der Waals surface area contributed by atoms with E-state index in [9.17, 15) is 8.42 Å². The first-order chi connectivity index (χ1) is 19.6. The largest absolute Gasteiger partial charge is 0.492 e. The van der Waals surface area contributed by atoms with E-state index in [0.29, 0.717) is 12.6 Å². The van der Waals surface area contributed by atoms with Crippen molar-refractivity contribution < 1.29 is 13.2 Å². The summed E-state index contributed by atoms with van der Waals surface area (Å²) >= 11 is 1.57. The molecule has 2 N–H and O–H groups in total. The van der Waals surface area contributed by atoms with Crippen LogP contribution in [0.4, 0.5) is 11.6 Å². The Morgan fingerprint density at radius 2 is 1.73 bits per heavy atom. The number of benzene rings is 2. The normalized spacial score (nSPS) is 14.3. The highest BCUT2D eigenvalue weighted by molar-refractivity contribution is 7.89. The maximum absolute atomic E-state index is 12.9. The second-order valence-electron chi connectivity index (χ2n) is 11.3. The molecule has 0 spiro atoms. The molecule has 0 radical (unpaired) electrons. The van der Waals surface area contributed by atoms with Gasteiger partial charge in [0.05, 0.1) is 15.5 Å². The van der Waals surface area contributed by atoms with E-state index in [1.807, 2.05) is 76.4 Å². The minimum atomic E-state index is -3.63. The highest BCUT2D eigenvalue weighted by atomic mass is 32.2. The van der Waals surface area contributed by atoms with Crippen molar-refractivity contribution in [1.29, 1.82) is 0 Å². The summed E-state index contributed by atoms with van der Waals surface area (Å²) in [5.74, 6) is 1.35. The van der Waals surface area contributed by atoms with Crippen molar-refractivity contribution in [2.75, 3.05) is 31.6 Å². The van der Waals surface area contributed by atoms with Gasteiger partial charge in [0, 0.05) is 28.8 Å². The monoisotopic (exact) mass is 591 g/mol. The Hall–Kier alpha value is -3.31. The second kappa shape index (κ2) is 12.3. The Morgan fingerprint density at radius 3 is 2.46 bits per heavy atom. The SMILES string of the molecule is Cc1cnc(Nc2ccc(OCCN3CCCC3)cc2)nc1-c1ccc(-c2cccc(S(=O)(=O)NC(C)(C)C)c2)s1. The number of likely N-dealkylation sites (tertiary alicyclic amines) is 1. The van der Waals surface area contributed by atoms with Gasteiger partial charge in [-0.15, -0.1) is 11.3 Å². The van der Waals surface area contributed by atoms with Crippen LogP contribution in [0.15, 0.2) is 71.8 Å². The third-order valence-electron chi connectivity index (χ3n) is 6.67. The first-order valence-corrected chi connectivity index (χ1v) is 16.2. The van der Waals surface area contributed by atoms with Crippen LogP contribution in [0.25, 0.3) is 21.0 Å². The first kappa shape index (κ1) is 29.2. The Balaban J connectivity index is 1.27. The van der Waals surface area contributed by atoms with E-state index in [1.165, 1.54) is 25.9 Å². The van der Waals surface area contributed by atoms with Gasteiger partial charge in [-0.3, -0.25) is 4.90 Å². The number of ether oxygens (including phenoxy) is 1. The maximum atomic E-state index is 12.9. The summed E-state index contributed by atoms with van der Waals surface area (Å²) in [6.45, 7) is 11.5. The summed E-state index contributed by atoms with van der Waals surface area (Å²) in [4.78, 5) is 13.9.